The van der Waals surface area contributed by atoms with Crippen LogP contribution in [0.4, 0.5) is 0 Å². The van der Waals surface area contributed by atoms with Gasteiger partial charge in [-0.3, -0.25) is 0 Å². The largest absolute Gasteiger partial charge is 0.233 e. The van der Waals surface area contributed by atoms with E-state index in [1.165, 1.54) is 5.57 Å². The molecule has 0 aromatic carbocycles. The molecule has 0 spiro atoms. The predicted octanol–water partition coefficient (Wildman–Crippen LogP) is 2.55. The Labute approximate surface area is 104 Å². The normalized spacial score (nSPS) is 19.4. The minimum absolute atomic E-state index is 0. The summed E-state index contributed by atoms with van der Waals surface area (Å²) in [5.74, 6) is 1.16. The van der Waals surface area contributed by atoms with E-state index in [9.17, 15) is 0 Å². The van der Waals surface area contributed by atoms with Crippen LogP contribution in [0.1, 0.15) is 19.8 Å². The zero-order valence-electron chi connectivity index (χ0n) is 9.29. The number of rotatable bonds is 2. The van der Waals surface area contributed by atoms with Crippen molar-refractivity contribution < 1.29 is 1.43 Å². The maximum Gasteiger partial charge on any atom is 0.223 e. The zero-order valence-corrected chi connectivity index (χ0v) is 10.1. The summed E-state index contributed by atoms with van der Waals surface area (Å²) in [6, 6.07) is 0. The van der Waals surface area contributed by atoms with Gasteiger partial charge >= 0.3 is 0 Å². The molecule has 0 fully saturated rings. The molecule has 1 aliphatic rings. The lowest BCUT2D eigenvalue weighted by Crippen LogP contribution is -1.94. The van der Waals surface area contributed by atoms with Gasteiger partial charge in [0, 0.05) is 12.4 Å². The average molecular weight is 247 g/mol. The molecule has 0 saturated carbocycles. The monoisotopic (exact) mass is 247 g/mol. The van der Waals surface area contributed by atoms with Gasteiger partial charge in [0.2, 0.25) is 5.82 Å². The fourth-order valence-corrected chi connectivity index (χ4v) is 2.49. The molecule has 0 bridgehead atoms. The van der Waals surface area contributed by atoms with Crippen LogP contribution in [-0.2, 0) is 0 Å². The van der Waals surface area contributed by atoms with E-state index in [-0.39, 0.29) is 1.43 Å². The number of aromatic nitrogens is 5. The smallest absolute Gasteiger partial charge is 0.223 e. The van der Waals surface area contributed by atoms with Crippen LogP contribution >= 0.6 is 11.3 Å². The molecule has 3 rings (SSSR count). The van der Waals surface area contributed by atoms with Gasteiger partial charge in [-0.05, 0) is 17.6 Å². The Kier molecular flexibility index (Phi) is 2.56. The van der Waals surface area contributed by atoms with Crippen molar-refractivity contribution in [3.63, 3.8) is 0 Å². The molecule has 5 nitrogen and oxygen atoms in total. The summed E-state index contributed by atoms with van der Waals surface area (Å²) in [5.41, 5.74) is 1.95. The lowest BCUT2D eigenvalue weighted by Gasteiger charge is -2.09. The zero-order chi connectivity index (χ0) is 11.7. The maximum absolute atomic E-state index is 4.52. The van der Waals surface area contributed by atoms with E-state index >= 15 is 0 Å². The Hall–Kier alpha value is -1.82. The Morgan fingerprint density at radius 1 is 1.53 bits per heavy atom. The van der Waals surface area contributed by atoms with Crippen molar-refractivity contribution in [1.29, 1.82) is 0 Å². The number of hydrogen-bond donors (Lipinski definition) is 1. The minimum atomic E-state index is 0. The predicted molar refractivity (Wildman–Crippen MR) is 68.3 cm³/mol. The molecule has 88 valence electrons. The second-order valence-corrected chi connectivity index (χ2v) is 4.86. The third-order valence-electron chi connectivity index (χ3n) is 2.64. The summed E-state index contributed by atoms with van der Waals surface area (Å²) >= 11 is 1.60. The van der Waals surface area contributed by atoms with Crippen molar-refractivity contribution in [2.75, 3.05) is 0 Å². The van der Waals surface area contributed by atoms with E-state index < -0.39 is 0 Å². The second kappa shape index (κ2) is 4.21. The van der Waals surface area contributed by atoms with E-state index in [4.69, 9.17) is 0 Å². The molecular formula is C11H13N5S. The first-order valence-electron chi connectivity index (χ1n) is 5.41. The highest BCUT2D eigenvalue weighted by molar-refractivity contribution is 7.11. The molecule has 0 radical (unpaired) electrons. The van der Waals surface area contributed by atoms with E-state index in [2.05, 4.69) is 50.8 Å². The van der Waals surface area contributed by atoms with Crippen LogP contribution in [0.15, 0.2) is 23.6 Å². The molecule has 2 aromatic heterocycles. The van der Waals surface area contributed by atoms with Crippen LogP contribution in [0, 0.1) is 5.92 Å². The molecule has 17 heavy (non-hydrogen) atoms. The standard InChI is InChI=1S/C11H11N5S.H2/c1-7-2-4-8(5-3-7)11-12-9(6-17-11)10-13-15-16-14-10;/h2,4-7H,3H2,1H3,(H,13,14,15,16);1H. The number of nitrogens with zero attached hydrogens (tertiary/aromatic N) is 4. The molecule has 1 N–H and O–H groups in total. The number of allylic oxidation sites excluding steroid dienone is 4. The second-order valence-electron chi connectivity index (χ2n) is 4.00. The van der Waals surface area contributed by atoms with Gasteiger partial charge in [-0.1, -0.05) is 25.2 Å². The summed E-state index contributed by atoms with van der Waals surface area (Å²) < 4.78 is 0. The molecule has 1 aliphatic carbocycles. The molecule has 0 aliphatic heterocycles. The highest BCUT2D eigenvalue weighted by Gasteiger charge is 2.12. The summed E-state index contributed by atoms with van der Waals surface area (Å²) in [7, 11) is 0. The van der Waals surface area contributed by atoms with Gasteiger partial charge in [0.1, 0.15) is 10.7 Å². The van der Waals surface area contributed by atoms with E-state index in [1.807, 2.05) is 5.38 Å². The van der Waals surface area contributed by atoms with E-state index in [0.29, 0.717) is 11.7 Å². The third-order valence-corrected chi connectivity index (χ3v) is 3.53. The molecule has 1 unspecified atom stereocenters. The van der Waals surface area contributed by atoms with Crippen LogP contribution in [0.25, 0.3) is 17.1 Å². The highest BCUT2D eigenvalue weighted by atomic mass is 32.1. The summed E-state index contributed by atoms with van der Waals surface area (Å²) in [4.78, 5) is 4.52. The molecule has 6 heteroatoms. The van der Waals surface area contributed by atoms with Gasteiger partial charge < -0.3 is 0 Å². The number of thiazole rings is 1. The van der Waals surface area contributed by atoms with Gasteiger partial charge in [0.15, 0.2) is 0 Å². The fourth-order valence-electron chi connectivity index (χ4n) is 1.67. The van der Waals surface area contributed by atoms with Crippen LogP contribution < -0.4 is 0 Å². The molecule has 2 aromatic rings. The number of H-pyrrole nitrogens is 1. The Bertz CT molecular complexity index is 572. The molecule has 0 saturated heterocycles. The first kappa shape index (κ1) is 10.3. The van der Waals surface area contributed by atoms with Crippen molar-refractivity contribution in [1.82, 2.24) is 25.6 Å². The molecular weight excluding hydrogens is 234 g/mol. The Morgan fingerprint density at radius 3 is 3.18 bits per heavy atom. The Balaban J connectivity index is 0.00000120. The Morgan fingerprint density at radius 2 is 2.47 bits per heavy atom. The van der Waals surface area contributed by atoms with Crippen molar-refractivity contribution in [2.45, 2.75) is 13.3 Å². The van der Waals surface area contributed by atoms with Crippen LogP contribution in [0.3, 0.4) is 0 Å². The number of aromatic amines is 1. The average Bonchev–Trinajstić information content (AvgIpc) is 3.00. The van der Waals surface area contributed by atoms with Crippen LogP contribution in [0.2, 0.25) is 0 Å². The first-order valence-corrected chi connectivity index (χ1v) is 6.29. The summed E-state index contributed by atoms with van der Waals surface area (Å²) in [6.45, 7) is 2.20. The highest BCUT2D eigenvalue weighted by Crippen LogP contribution is 2.28. The van der Waals surface area contributed by atoms with Crippen LogP contribution in [0.5, 0.6) is 0 Å². The van der Waals surface area contributed by atoms with Crippen LogP contribution in [-0.4, -0.2) is 25.6 Å². The maximum atomic E-state index is 4.52. The van der Waals surface area contributed by atoms with Crippen molar-refractivity contribution in [3.05, 3.63) is 28.6 Å². The fraction of sp³-hybridized carbons (Fsp3) is 0.273. The topological polar surface area (TPSA) is 67.3 Å². The van der Waals surface area contributed by atoms with Gasteiger partial charge in [-0.15, -0.1) is 21.5 Å². The number of tetrazole rings is 1. The van der Waals surface area contributed by atoms with Crippen molar-refractivity contribution in [3.8, 4) is 11.5 Å². The van der Waals surface area contributed by atoms with Gasteiger partial charge in [0.05, 0.1) is 0 Å². The summed E-state index contributed by atoms with van der Waals surface area (Å²) in [5, 5.41) is 16.8. The minimum Gasteiger partial charge on any atom is -0.233 e. The van der Waals surface area contributed by atoms with E-state index in [0.717, 1.165) is 17.1 Å². The van der Waals surface area contributed by atoms with Crippen molar-refractivity contribution >= 4 is 16.9 Å². The lowest BCUT2D eigenvalue weighted by atomic mass is 9.99. The SMILES string of the molecule is CC1C=CC(c2nc(-c3nn[nH]n3)cs2)=CC1.[HH]. The molecule has 1 atom stereocenters. The number of nitrogens with one attached hydrogen (secondary N) is 1. The third kappa shape index (κ3) is 2.03. The summed E-state index contributed by atoms with van der Waals surface area (Å²) in [6.07, 6.45) is 7.64. The van der Waals surface area contributed by atoms with Gasteiger partial charge in [-0.2, -0.15) is 5.21 Å². The lowest BCUT2D eigenvalue weighted by molar-refractivity contribution is 0.739. The van der Waals surface area contributed by atoms with Gasteiger partial charge in [0.25, 0.3) is 0 Å². The molecule has 2 heterocycles. The van der Waals surface area contributed by atoms with E-state index in [1.54, 1.807) is 11.3 Å². The number of hydrogen-bond acceptors (Lipinski definition) is 5. The van der Waals surface area contributed by atoms with Gasteiger partial charge in [-0.25, -0.2) is 4.98 Å². The first-order chi connectivity index (χ1) is 8.33. The quantitative estimate of drug-likeness (QED) is 0.885. The molecule has 0 amide bonds. The van der Waals surface area contributed by atoms with Crippen molar-refractivity contribution in [2.24, 2.45) is 5.92 Å².